The molecule has 0 aliphatic rings. The quantitative estimate of drug-likeness (QED) is 0.750. The number of thiophene rings is 1. The lowest BCUT2D eigenvalue weighted by molar-refractivity contribution is 0.0942. The zero-order chi connectivity index (χ0) is 16.9. The molecule has 1 amide bonds. The summed E-state index contributed by atoms with van der Waals surface area (Å²) in [7, 11) is 4.05. The van der Waals surface area contributed by atoms with Gasteiger partial charge in [-0.2, -0.15) is 0 Å². The minimum absolute atomic E-state index is 0.0596. The van der Waals surface area contributed by atoms with Crippen LogP contribution in [-0.4, -0.2) is 41.0 Å². The van der Waals surface area contributed by atoms with Crippen LogP contribution in [0.2, 0.25) is 0 Å². The van der Waals surface area contributed by atoms with E-state index in [2.05, 4.69) is 26.6 Å². The summed E-state index contributed by atoms with van der Waals surface area (Å²) in [6.07, 6.45) is 5.34. The molecule has 2 heterocycles. The Labute approximate surface area is 145 Å². The maximum absolute atomic E-state index is 12.4. The normalized spacial score (nSPS) is 12.3. The van der Waals surface area contributed by atoms with E-state index in [1.807, 2.05) is 55.2 Å². The smallest absolute Gasteiger partial charge is 0.251 e. The Bertz CT molecular complexity index is 764. The van der Waals surface area contributed by atoms with Crippen LogP contribution in [0.5, 0.6) is 0 Å². The van der Waals surface area contributed by atoms with E-state index >= 15 is 0 Å². The number of benzene rings is 1. The molecule has 0 spiro atoms. The van der Waals surface area contributed by atoms with E-state index in [0.29, 0.717) is 12.1 Å². The van der Waals surface area contributed by atoms with Crippen molar-refractivity contribution < 1.29 is 4.79 Å². The van der Waals surface area contributed by atoms with E-state index in [1.165, 1.54) is 4.88 Å². The fourth-order valence-corrected chi connectivity index (χ4v) is 3.43. The van der Waals surface area contributed by atoms with Crippen LogP contribution >= 0.6 is 11.3 Å². The zero-order valence-electron chi connectivity index (χ0n) is 13.7. The first-order valence-electron chi connectivity index (χ1n) is 7.71. The van der Waals surface area contributed by atoms with Gasteiger partial charge in [0.15, 0.2) is 0 Å². The van der Waals surface area contributed by atoms with Gasteiger partial charge in [-0.15, -0.1) is 11.3 Å². The van der Waals surface area contributed by atoms with Gasteiger partial charge < -0.3 is 14.8 Å². The standard InChI is InChI=1S/C18H20N4OS/c1-21(2)16(17-4-3-11-24-17)12-20-18(23)14-5-7-15(8-6-14)22-10-9-19-13-22/h3-11,13,16H,12H2,1-2H3,(H,20,23). The molecule has 1 aromatic carbocycles. The fourth-order valence-electron chi connectivity index (χ4n) is 2.51. The second-order valence-corrected chi connectivity index (χ2v) is 6.70. The van der Waals surface area contributed by atoms with Gasteiger partial charge in [0.2, 0.25) is 0 Å². The molecule has 2 aromatic heterocycles. The summed E-state index contributed by atoms with van der Waals surface area (Å²) in [5.41, 5.74) is 1.64. The number of likely N-dealkylation sites (N-methyl/N-ethyl adjacent to an activating group) is 1. The van der Waals surface area contributed by atoms with Crippen LogP contribution in [0.1, 0.15) is 21.3 Å². The molecule has 5 nitrogen and oxygen atoms in total. The van der Waals surface area contributed by atoms with E-state index in [0.717, 1.165) is 5.69 Å². The van der Waals surface area contributed by atoms with Crippen molar-refractivity contribution in [2.75, 3.05) is 20.6 Å². The zero-order valence-corrected chi connectivity index (χ0v) is 14.5. The molecule has 0 bridgehead atoms. The maximum atomic E-state index is 12.4. The molecule has 0 aliphatic carbocycles. The Morgan fingerprint density at radius 1 is 1.29 bits per heavy atom. The highest BCUT2D eigenvalue weighted by atomic mass is 32.1. The molecular weight excluding hydrogens is 320 g/mol. The molecule has 1 unspecified atom stereocenters. The lowest BCUT2D eigenvalue weighted by Crippen LogP contribution is -2.34. The highest BCUT2D eigenvalue weighted by Crippen LogP contribution is 2.22. The molecule has 1 atom stereocenters. The van der Waals surface area contributed by atoms with Gasteiger partial charge in [0.25, 0.3) is 5.91 Å². The summed E-state index contributed by atoms with van der Waals surface area (Å²) < 4.78 is 1.90. The second kappa shape index (κ2) is 7.42. The number of nitrogens with one attached hydrogen (secondary N) is 1. The number of hydrogen-bond acceptors (Lipinski definition) is 4. The Balaban J connectivity index is 1.64. The van der Waals surface area contributed by atoms with Gasteiger partial charge >= 0.3 is 0 Å². The van der Waals surface area contributed by atoms with Crippen molar-refractivity contribution in [1.82, 2.24) is 19.8 Å². The summed E-state index contributed by atoms with van der Waals surface area (Å²) in [5, 5.41) is 5.09. The Morgan fingerprint density at radius 2 is 2.08 bits per heavy atom. The van der Waals surface area contributed by atoms with Crippen molar-refractivity contribution in [3.63, 3.8) is 0 Å². The van der Waals surface area contributed by atoms with Crippen LogP contribution in [0.25, 0.3) is 5.69 Å². The van der Waals surface area contributed by atoms with E-state index in [4.69, 9.17) is 0 Å². The third-order valence-corrected chi connectivity index (χ3v) is 4.86. The van der Waals surface area contributed by atoms with E-state index < -0.39 is 0 Å². The second-order valence-electron chi connectivity index (χ2n) is 5.72. The molecule has 0 fully saturated rings. The molecular formula is C18H20N4OS. The minimum atomic E-state index is -0.0596. The number of carbonyl (C=O) groups is 1. The third kappa shape index (κ3) is 3.72. The predicted octanol–water partition coefficient (Wildman–Crippen LogP) is 2.97. The molecule has 0 saturated carbocycles. The monoisotopic (exact) mass is 340 g/mol. The van der Waals surface area contributed by atoms with Crippen LogP contribution in [0.3, 0.4) is 0 Å². The third-order valence-electron chi connectivity index (χ3n) is 3.88. The summed E-state index contributed by atoms with van der Waals surface area (Å²) in [6.45, 7) is 0.579. The number of carbonyl (C=O) groups excluding carboxylic acids is 1. The lowest BCUT2D eigenvalue weighted by atomic mass is 10.1. The van der Waals surface area contributed by atoms with E-state index in [-0.39, 0.29) is 11.9 Å². The number of aromatic nitrogens is 2. The molecule has 3 aromatic rings. The summed E-state index contributed by atoms with van der Waals surface area (Å²) in [5.74, 6) is -0.0596. The molecule has 0 saturated heterocycles. The lowest BCUT2D eigenvalue weighted by Gasteiger charge is -2.23. The van der Waals surface area contributed by atoms with Crippen molar-refractivity contribution in [1.29, 1.82) is 0 Å². The topological polar surface area (TPSA) is 50.2 Å². The van der Waals surface area contributed by atoms with Gasteiger partial charge in [-0.05, 0) is 49.8 Å². The number of amides is 1. The van der Waals surface area contributed by atoms with Crippen molar-refractivity contribution in [2.24, 2.45) is 0 Å². The largest absolute Gasteiger partial charge is 0.350 e. The van der Waals surface area contributed by atoms with Crippen LogP contribution in [0.4, 0.5) is 0 Å². The van der Waals surface area contributed by atoms with Crippen LogP contribution in [-0.2, 0) is 0 Å². The average molecular weight is 340 g/mol. The molecule has 0 radical (unpaired) electrons. The molecule has 124 valence electrons. The average Bonchev–Trinajstić information content (AvgIpc) is 3.28. The van der Waals surface area contributed by atoms with Gasteiger partial charge in [0, 0.05) is 35.1 Å². The van der Waals surface area contributed by atoms with Gasteiger partial charge in [-0.1, -0.05) is 6.07 Å². The predicted molar refractivity (Wildman–Crippen MR) is 96.6 cm³/mol. The number of imidazole rings is 1. The fraction of sp³-hybridized carbons (Fsp3) is 0.222. The van der Waals surface area contributed by atoms with Gasteiger partial charge in [-0.25, -0.2) is 4.98 Å². The van der Waals surface area contributed by atoms with Crippen LogP contribution in [0.15, 0.2) is 60.5 Å². The first kappa shape index (κ1) is 16.4. The Kier molecular flexibility index (Phi) is 5.08. The summed E-state index contributed by atoms with van der Waals surface area (Å²) in [6, 6.07) is 11.8. The Hall–Kier alpha value is -2.44. The SMILES string of the molecule is CN(C)C(CNC(=O)c1ccc(-n2ccnc2)cc1)c1cccs1. The highest BCUT2D eigenvalue weighted by Gasteiger charge is 2.16. The number of hydrogen-bond donors (Lipinski definition) is 1. The van der Waals surface area contributed by atoms with Crippen LogP contribution < -0.4 is 5.32 Å². The van der Waals surface area contributed by atoms with Crippen molar-refractivity contribution >= 4 is 17.2 Å². The van der Waals surface area contributed by atoms with Crippen molar-refractivity contribution in [3.8, 4) is 5.69 Å². The molecule has 3 rings (SSSR count). The number of nitrogens with zero attached hydrogens (tertiary/aromatic N) is 3. The van der Waals surface area contributed by atoms with Crippen LogP contribution in [0, 0.1) is 0 Å². The van der Waals surface area contributed by atoms with Gasteiger partial charge in [0.1, 0.15) is 0 Å². The molecule has 0 aliphatic heterocycles. The molecule has 6 heteroatoms. The van der Waals surface area contributed by atoms with Gasteiger partial charge in [-0.3, -0.25) is 4.79 Å². The Morgan fingerprint density at radius 3 is 2.67 bits per heavy atom. The van der Waals surface area contributed by atoms with Crippen molar-refractivity contribution in [2.45, 2.75) is 6.04 Å². The highest BCUT2D eigenvalue weighted by molar-refractivity contribution is 7.10. The first-order valence-corrected chi connectivity index (χ1v) is 8.59. The molecule has 24 heavy (non-hydrogen) atoms. The first-order chi connectivity index (χ1) is 11.6. The van der Waals surface area contributed by atoms with Gasteiger partial charge in [0.05, 0.1) is 12.4 Å². The molecule has 1 N–H and O–H groups in total. The maximum Gasteiger partial charge on any atom is 0.251 e. The van der Waals surface area contributed by atoms with E-state index in [1.54, 1.807) is 23.9 Å². The minimum Gasteiger partial charge on any atom is -0.350 e. The van der Waals surface area contributed by atoms with Crippen molar-refractivity contribution in [3.05, 3.63) is 70.9 Å². The van der Waals surface area contributed by atoms with E-state index in [9.17, 15) is 4.79 Å². The number of rotatable bonds is 6. The summed E-state index contributed by atoms with van der Waals surface area (Å²) >= 11 is 1.71. The summed E-state index contributed by atoms with van der Waals surface area (Å²) in [4.78, 5) is 19.8.